The van der Waals surface area contributed by atoms with E-state index < -0.39 is 0 Å². The number of likely N-dealkylation sites (tertiary alicyclic amines) is 6. The Morgan fingerprint density at radius 2 is 0.695 bits per heavy atom. The average Bonchev–Trinajstić information content (AvgIpc) is 4.22. The molecule has 6 aliphatic rings. The molecule has 13 nitrogen and oxygen atoms in total. The highest BCUT2D eigenvalue weighted by Gasteiger charge is 2.38. The first-order valence-corrected chi connectivity index (χ1v) is 34.3. The molecule has 0 aromatic carbocycles. The molecule has 6 heterocycles. The molecule has 0 radical (unpaired) electrons. The number of rotatable bonds is 21. The van der Waals surface area contributed by atoms with Crippen molar-refractivity contribution in [3.8, 4) is 0 Å². The van der Waals surface area contributed by atoms with E-state index in [1.165, 1.54) is 65.0 Å². The van der Waals surface area contributed by atoms with E-state index in [9.17, 15) is 15.3 Å². The maximum atomic E-state index is 9.82. The maximum Gasteiger partial charge on any atom is 0.0832 e. The fourth-order valence-electron chi connectivity index (χ4n) is 13.9. The fourth-order valence-corrected chi connectivity index (χ4v) is 13.9. The van der Waals surface area contributed by atoms with Gasteiger partial charge in [0.15, 0.2) is 0 Å². The smallest absolute Gasteiger partial charge is 0.0832 e. The highest BCUT2D eigenvalue weighted by Crippen LogP contribution is 2.31. The number of hydrogen-bond donors (Lipinski definition) is 6. The van der Waals surface area contributed by atoms with E-state index in [1.54, 1.807) is 0 Å². The van der Waals surface area contributed by atoms with E-state index in [1.807, 2.05) is 0 Å². The summed E-state index contributed by atoms with van der Waals surface area (Å²) in [6.07, 6.45) is 6.12. The first-order chi connectivity index (χ1) is 38.0. The summed E-state index contributed by atoms with van der Waals surface area (Å²) in [5.74, 6) is 8.04. The Morgan fingerprint density at radius 3 is 1.10 bits per heavy atom. The van der Waals surface area contributed by atoms with Gasteiger partial charge < -0.3 is 41.5 Å². The van der Waals surface area contributed by atoms with Crippen molar-refractivity contribution in [3.63, 3.8) is 0 Å². The minimum absolute atomic E-state index is 0.0928. The van der Waals surface area contributed by atoms with Crippen LogP contribution in [0.3, 0.4) is 0 Å². The van der Waals surface area contributed by atoms with E-state index in [0.717, 1.165) is 93.2 Å². The van der Waals surface area contributed by atoms with E-state index >= 15 is 0 Å². The van der Waals surface area contributed by atoms with Crippen LogP contribution < -0.4 is 16.4 Å². The molecule has 0 spiro atoms. The van der Waals surface area contributed by atoms with Crippen LogP contribution in [0, 0.1) is 65.1 Å². The molecule has 0 aromatic heterocycles. The van der Waals surface area contributed by atoms with Gasteiger partial charge in [-0.2, -0.15) is 0 Å². The van der Waals surface area contributed by atoms with Crippen LogP contribution in [0.1, 0.15) is 198 Å². The van der Waals surface area contributed by atoms with Gasteiger partial charge in [0.2, 0.25) is 0 Å². The van der Waals surface area contributed by atoms with Gasteiger partial charge in [0.1, 0.15) is 0 Å². The summed E-state index contributed by atoms with van der Waals surface area (Å²) in [6.45, 7) is 67.8. The molecule has 6 saturated heterocycles. The molecule has 492 valence electrons. The highest BCUT2D eigenvalue weighted by atomic mass is 16.3. The van der Waals surface area contributed by atoms with E-state index in [4.69, 9.17) is 5.73 Å². The Bertz CT molecular complexity index is 1450. The van der Waals surface area contributed by atoms with Crippen molar-refractivity contribution in [1.29, 1.82) is 0 Å². The van der Waals surface area contributed by atoms with Gasteiger partial charge >= 0.3 is 0 Å². The number of β-amino-alcohol motifs (C(OH)–C–C–N with tert-alkyl or cyclic N) is 2. The molecular weight excluding hydrogens is 1020 g/mol. The quantitative estimate of drug-likeness (QED) is 0.0652. The van der Waals surface area contributed by atoms with Gasteiger partial charge in [0.05, 0.1) is 12.2 Å². The number of hydrogen-bond acceptors (Lipinski definition) is 13. The zero-order valence-electron chi connectivity index (χ0n) is 59.6. The van der Waals surface area contributed by atoms with E-state index in [0.29, 0.717) is 84.7 Å². The monoisotopic (exact) mass is 1170 g/mol. The topological polar surface area (TPSA) is 133 Å². The summed E-state index contributed by atoms with van der Waals surface area (Å²) in [6, 6.07) is 6.37. The third-order valence-electron chi connectivity index (χ3n) is 18.8. The molecular formula is C69H148N10O3. The van der Waals surface area contributed by atoms with Crippen LogP contribution >= 0.6 is 0 Å². The molecule has 0 aliphatic carbocycles. The Balaban J connectivity index is 0.000000492. The lowest BCUT2D eigenvalue weighted by molar-refractivity contribution is 0.129. The summed E-state index contributed by atoms with van der Waals surface area (Å²) < 4.78 is 0. The zero-order valence-corrected chi connectivity index (χ0v) is 59.6. The number of nitrogens with one attached hydrogen (secondary N) is 2. The first kappa shape index (κ1) is 79.5. The lowest BCUT2D eigenvalue weighted by Gasteiger charge is -2.26. The van der Waals surface area contributed by atoms with Crippen molar-refractivity contribution in [1.82, 2.24) is 44.9 Å². The molecule has 0 saturated carbocycles. The summed E-state index contributed by atoms with van der Waals surface area (Å²) in [5, 5.41) is 35.7. The van der Waals surface area contributed by atoms with Crippen molar-refractivity contribution < 1.29 is 15.3 Å². The van der Waals surface area contributed by atoms with Crippen LogP contribution in [0.5, 0.6) is 0 Å². The molecule has 0 aromatic rings. The molecule has 7 N–H and O–H groups in total. The lowest BCUT2D eigenvalue weighted by Crippen LogP contribution is -2.43. The van der Waals surface area contributed by atoms with Crippen molar-refractivity contribution in [3.05, 3.63) is 0 Å². The summed E-state index contributed by atoms with van der Waals surface area (Å²) in [4.78, 5) is 17.3. The van der Waals surface area contributed by atoms with Crippen LogP contribution in [-0.2, 0) is 0 Å². The van der Waals surface area contributed by atoms with Crippen LogP contribution in [0.4, 0.5) is 0 Å². The van der Waals surface area contributed by atoms with Crippen LogP contribution in [0.15, 0.2) is 0 Å². The molecule has 13 heteroatoms. The summed E-state index contributed by atoms with van der Waals surface area (Å²) >= 11 is 0. The van der Waals surface area contributed by atoms with Crippen molar-refractivity contribution in [2.24, 2.45) is 70.8 Å². The molecule has 6 aliphatic heterocycles. The lowest BCUT2D eigenvalue weighted by atomic mass is 9.89. The minimum Gasteiger partial charge on any atom is -0.396 e. The SMILES string of the molecule is CC(C)C[C@H]1CN(C(C)C)C[C@@H]1CO.CC(C)C[C@H]1CN(C(C)C)C[C@@H]1N.CC(C)C[C@H]1CN(C(C)C)C[C@@H]1N(C)C.CC(C)C[C@H]1CN(C(C)C)C[C@@H]1O.CC(C)N[C@H]1CN(C(C)C)C[C@@H]1O.CN[C@H]1CN(C(C)C)C[C@@H]1CC(C)C. The molecule has 0 amide bonds. The van der Waals surface area contributed by atoms with Gasteiger partial charge in [-0.15, -0.1) is 0 Å². The Labute approximate surface area is 512 Å². The molecule has 12 atom stereocenters. The van der Waals surface area contributed by atoms with Gasteiger partial charge in [-0.25, -0.2) is 0 Å². The summed E-state index contributed by atoms with van der Waals surface area (Å²) in [7, 11) is 6.55. The molecule has 0 unspecified atom stereocenters. The average molecular weight is 1170 g/mol. The van der Waals surface area contributed by atoms with Crippen LogP contribution in [-0.4, -0.2) is 235 Å². The van der Waals surface area contributed by atoms with E-state index in [2.05, 4.69) is 232 Å². The number of nitrogens with zero attached hydrogens (tertiary/aromatic N) is 7. The van der Waals surface area contributed by atoms with Gasteiger partial charge in [0.25, 0.3) is 0 Å². The van der Waals surface area contributed by atoms with Crippen LogP contribution in [0.2, 0.25) is 0 Å². The molecule has 82 heavy (non-hydrogen) atoms. The van der Waals surface area contributed by atoms with Crippen molar-refractivity contribution >= 4 is 0 Å². The maximum absolute atomic E-state index is 9.82. The zero-order chi connectivity index (χ0) is 63.0. The van der Waals surface area contributed by atoms with Crippen molar-refractivity contribution in [2.75, 3.05) is 106 Å². The molecule has 6 rings (SSSR count). The number of aliphatic hydroxyl groups excluding tert-OH is 3. The van der Waals surface area contributed by atoms with E-state index in [-0.39, 0.29) is 18.2 Å². The predicted octanol–water partition coefficient (Wildman–Crippen LogP) is 10.1. The van der Waals surface area contributed by atoms with Gasteiger partial charge in [0, 0.05) is 152 Å². The predicted molar refractivity (Wildman–Crippen MR) is 358 cm³/mol. The normalized spacial score (nSPS) is 29.9. The number of aliphatic hydroxyl groups is 3. The molecule has 6 fully saturated rings. The summed E-state index contributed by atoms with van der Waals surface area (Å²) in [5.41, 5.74) is 6.11. The minimum atomic E-state index is -0.204. The Hall–Kier alpha value is -0.520. The third-order valence-corrected chi connectivity index (χ3v) is 18.8. The number of nitrogens with two attached hydrogens (primary N) is 1. The first-order valence-electron chi connectivity index (χ1n) is 34.3. The second-order valence-corrected chi connectivity index (χ2v) is 31.3. The second kappa shape index (κ2) is 40.2. The van der Waals surface area contributed by atoms with Crippen molar-refractivity contribution in [2.45, 2.75) is 277 Å². The Kier molecular flexibility index (Phi) is 39.0. The molecule has 0 bridgehead atoms. The second-order valence-electron chi connectivity index (χ2n) is 31.3. The van der Waals surface area contributed by atoms with Gasteiger partial charge in [-0.1, -0.05) is 83.1 Å². The standard InChI is InChI=1S/C13H28N2.C12H26N2.C12H25NO.C11H24N2.C11H23NO.C10H22N2O/c1-10(2)7-12-8-15(11(3)4)9-13(12)14(5)6;1-9(2)6-11-7-14(10(3)4)8-12(11)13-5;1-9(2)5-11-6-13(10(3)4)7-12(11)8-14;1-8(2)5-10-6-13(9(3)4)7-11(10)12;1-8(2)5-10-6-12(9(3)4)7-11(10)13;1-7(2)11-9-5-12(8(3)4)6-10(9)13/h10-13H,7-9H2,1-6H3;9-13H,6-8H2,1-5H3;9-12,14H,5-8H2,1-4H3;8-11H,5-7,12H2,1-4H3;8-11,13H,5-7H2,1-4H3;7-11,13H,5-6H2,1-4H3/t12-,13-;11-,12-;11-,12+;2*10-,11-;9-,10-/m000000/s1. The Morgan fingerprint density at radius 1 is 0.378 bits per heavy atom. The highest BCUT2D eigenvalue weighted by molar-refractivity contribution is 4.94. The van der Waals surface area contributed by atoms with Gasteiger partial charge in [-0.3, -0.25) is 24.5 Å². The fraction of sp³-hybridized carbons (Fsp3) is 1.00. The van der Waals surface area contributed by atoms with Crippen LogP contribution in [0.25, 0.3) is 0 Å². The largest absolute Gasteiger partial charge is 0.396 e. The van der Waals surface area contributed by atoms with Gasteiger partial charge in [-0.05, 0) is 201 Å². The number of likely N-dealkylation sites (N-methyl/N-ethyl adjacent to an activating group) is 2. The third kappa shape index (κ3) is 30.1.